The maximum Gasteiger partial charge on any atom is 0.177 e. The van der Waals surface area contributed by atoms with E-state index in [0.29, 0.717) is 0 Å². The highest BCUT2D eigenvalue weighted by Crippen LogP contribution is 2.46. The van der Waals surface area contributed by atoms with Gasteiger partial charge in [0.05, 0.1) is 5.56 Å². The number of aromatic nitrogens is 1. The first-order valence-corrected chi connectivity index (χ1v) is 8.61. The number of pyridine rings is 1. The van der Waals surface area contributed by atoms with Crippen molar-refractivity contribution in [1.82, 2.24) is 0 Å². The Morgan fingerprint density at radius 3 is 1.16 bits per heavy atom. The summed E-state index contributed by atoms with van der Waals surface area (Å²) in [7, 11) is 2.08. The van der Waals surface area contributed by atoms with Crippen molar-refractivity contribution in [3.8, 4) is 44.5 Å². The molecule has 0 saturated carbocycles. The quantitative estimate of drug-likeness (QED) is 0.332. The number of aryl methyl sites for hydroxylation is 1. The third-order valence-electron chi connectivity index (χ3n) is 5.04. The summed E-state index contributed by atoms with van der Waals surface area (Å²) in [6.07, 6.45) is 4.37. The normalized spacial score (nSPS) is 11.4. The van der Waals surface area contributed by atoms with E-state index in [1.807, 2.05) is 0 Å². The van der Waals surface area contributed by atoms with Crippen molar-refractivity contribution in [2.45, 2.75) is 0 Å². The van der Waals surface area contributed by atoms with Crippen LogP contribution in [-0.2, 0) is 7.05 Å². The van der Waals surface area contributed by atoms with E-state index in [2.05, 4.69) is 103 Å². The average molecular weight is 320 g/mol. The average Bonchev–Trinajstić information content (AvgIpc) is 2.67. The Hall–Kier alpha value is -3.19. The van der Waals surface area contributed by atoms with Gasteiger partial charge >= 0.3 is 0 Å². The molecule has 1 heterocycles. The summed E-state index contributed by atoms with van der Waals surface area (Å²) in [5.41, 5.74) is 10.3. The van der Waals surface area contributed by atoms with Gasteiger partial charge in [0.1, 0.15) is 7.05 Å². The van der Waals surface area contributed by atoms with Crippen LogP contribution >= 0.6 is 0 Å². The fraction of sp³-hybridized carbons (Fsp3) is 0.0417. The maximum atomic E-state index is 2.24. The zero-order valence-electron chi connectivity index (χ0n) is 14.1. The van der Waals surface area contributed by atoms with Gasteiger partial charge in [0.15, 0.2) is 12.4 Å². The van der Waals surface area contributed by atoms with Crippen molar-refractivity contribution in [3.05, 3.63) is 91.3 Å². The Morgan fingerprint density at radius 1 is 0.440 bits per heavy atom. The Kier molecular flexibility index (Phi) is 3.07. The van der Waals surface area contributed by atoms with Crippen LogP contribution in [0.4, 0.5) is 0 Å². The smallest absolute Gasteiger partial charge is 0.177 e. The molecule has 0 aliphatic heterocycles. The Bertz CT molecular complexity index is 1100. The Labute approximate surface area is 147 Å². The zero-order chi connectivity index (χ0) is 16.8. The molecule has 0 amide bonds. The van der Waals surface area contributed by atoms with E-state index in [4.69, 9.17) is 0 Å². The minimum Gasteiger partial charge on any atom is -0.207 e. The molecule has 3 aromatic carbocycles. The third-order valence-corrected chi connectivity index (χ3v) is 5.04. The first-order valence-electron chi connectivity index (χ1n) is 8.61. The lowest BCUT2D eigenvalue weighted by atomic mass is 9.81. The molecule has 25 heavy (non-hydrogen) atoms. The molecule has 0 N–H and O–H groups in total. The molecule has 1 nitrogen and oxygen atoms in total. The van der Waals surface area contributed by atoms with Gasteiger partial charge in [-0.05, 0) is 33.4 Å². The number of fused-ring (bicyclic) bond motifs is 8. The molecule has 0 radical (unpaired) electrons. The van der Waals surface area contributed by atoms with Crippen molar-refractivity contribution in [3.63, 3.8) is 0 Å². The molecular formula is C24H18N+. The van der Waals surface area contributed by atoms with Crippen LogP contribution in [0.15, 0.2) is 91.3 Å². The molecule has 118 valence electrons. The minimum atomic E-state index is 1.28. The maximum absolute atomic E-state index is 2.24. The number of hydrogen-bond acceptors (Lipinski definition) is 0. The van der Waals surface area contributed by atoms with E-state index in [-0.39, 0.29) is 0 Å². The molecule has 0 unspecified atom stereocenters. The van der Waals surface area contributed by atoms with E-state index in [9.17, 15) is 0 Å². The lowest BCUT2D eigenvalue weighted by Crippen LogP contribution is -2.26. The lowest BCUT2D eigenvalue weighted by molar-refractivity contribution is -0.670. The first-order chi connectivity index (χ1) is 12.3. The summed E-state index contributed by atoms with van der Waals surface area (Å²) in [4.78, 5) is 0. The van der Waals surface area contributed by atoms with Gasteiger partial charge in [0.2, 0.25) is 0 Å². The van der Waals surface area contributed by atoms with Gasteiger partial charge in [-0.2, -0.15) is 0 Å². The molecule has 0 saturated heterocycles. The monoisotopic (exact) mass is 320 g/mol. The Morgan fingerprint density at radius 2 is 0.760 bits per heavy atom. The van der Waals surface area contributed by atoms with Crippen molar-refractivity contribution < 1.29 is 4.57 Å². The second-order valence-corrected chi connectivity index (χ2v) is 6.57. The van der Waals surface area contributed by atoms with Gasteiger partial charge in [0.25, 0.3) is 0 Å². The highest BCUT2D eigenvalue weighted by atomic mass is 14.9. The van der Waals surface area contributed by atoms with E-state index in [1.165, 1.54) is 44.5 Å². The SMILES string of the molecule is C[n+]1ccc2c(c1)-c1ccccc1-c1ccccc1-c1ccccc1-2. The molecular weight excluding hydrogens is 302 g/mol. The van der Waals surface area contributed by atoms with Crippen molar-refractivity contribution >= 4 is 0 Å². The largest absolute Gasteiger partial charge is 0.207 e. The third kappa shape index (κ3) is 2.13. The van der Waals surface area contributed by atoms with Crippen LogP contribution in [0.5, 0.6) is 0 Å². The van der Waals surface area contributed by atoms with Crippen LogP contribution in [0.3, 0.4) is 0 Å². The second kappa shape index (κ2) is 5.42. The molecule has 1 aliphatic carbocycles. The van der Waals surface area contributed by atoms with E-state index in [1.54, 1.807) is 0 Å². The topological polar surface area (TPSA) is 3.88 Å². The summed E-state index contributed by atoms with van der Waals surface area (Å²) in [6.45, 7) is 0. The lowest BCUT2D eigenvalue weighted by Gasteiger charge is -2.21. The van der Waals surface area contributed by atoms with Gasteiger partial charge in [-0.15, -0.1) is 0 Å². The van der Waals surface area contributed by atoms with Crippen LogP contribution in [-0.4, -0.2) is 0 Å². The standard InChI is InChI=1S/C24H18N/c1-25-15-14-23-21-12-5-4-10-19(21)17-8-2-3-9-18(17)20-11-6-7-13-22(20)24(23)16-25/h2-16H,1H3/q+1. The summed E-state index contributed by atoms with van der Waals surface area (Å²) < 4.78 is 2.13. The van der Waals surface area contributed by atoms with E-state index in [0.717, 1.165) is 0 Å². The van der Waals surface area contributed by atoms with Crippen molar-refractivity contribution in [1.29, 1.82) is 0 Å². The summed E-state index contributed by atoms with van der Waals surface area (Å²) in [6, 6.07) is 28.4. The van der Waals surface area contributed by atoms with Gasteiger partial charge < -0.3 is 0 Å². The molecule has 5 rings (SSSR count). The summed E-state index contributed by atoms with van der Waals surface area (Å²) >= 11 is 0. The van der Waals surface area contributed by atoms with Crippen LogP contribution < -0.4 is 4.57 Å². The predicted molar refractivity (Wildman–Crippen MR) is 103 cm³/mol. The molecule has 4 aromatic rings. The van der Waals surface area contributed by atoms with E-state index >= 15 is 0 Å². The molecule has 0 bridgehead atoms. The van der Waals surface area contributed by atoms with Gasteiger partial charge in [-0.1, -0.05) is 72.8 Å². The molecule has 0 spiro atoms. The fourth-order valence-electron chi connectivity index (χ4n) is 3.91. The first kappa shape index (κ1) is 14.2. The van der Waals surface area contributed by atoms with Crippen molar-refractivity contribution in [2.75, 3.05) is 0 Å². The summed E-state index contributed by atoms with van der Waals surface area (Å²) in [5, 5.41) is 0. The van der Waals surface area contributed by atoms with Crippen LogP contribution in [0.2, 0.25) is 0 Å². The zero-order valence-corrected chi connectivity index (χ0v) is 14.1. The highest BCUT2D eigenvalue weighted by molar-refractivity contribution is 6.02. The predicted octanol–water partition coefficient (Wildman–Crippen LogP) is 5.49. The Balaban J connectivity index is 2.01. The molecule has 0 atom stereocenters. The minimum absolute atomic E-state index is 1.28. The number of hydrogen-bond donors (Lipinski definition) is 0. The second-order valence-electron chi connectivity index (χ2n) is 6.57. The van der Waals surface area contributed by atoms with E-state index < -0.39 is 0 Å². The number of nitrogens with zero attached hydrogens (tertiary/aromatic N) is 1. The van der Waals surface area contributed by atoms with Crippen molar-refractivity contribution in [2.24, 2.45) is 7.05 Å². The number of benzene rings is 3. The van der Waals surface area contributed by atoms with Crippen LogP contribution in [0, 0.1) is 0 Å². The van der Waals surface area contributed by atoms with Gasteiger partial charge in [0, 0.05) is 11.6 Å². The van der Waals surface area contributed by atoms with Gasteiger partial charge in [-0.3, -0.25) is 0 Å². The highest BCUT2D eigenvalue weighted by Gasteiger charge is 2.22. The van der Waals surface area contributed by atoms with Gasteiger partial charge in [-0.25, -0.2) is 4.57 Å². The molecule has 1 heteroatoms. The summed E-state index contributed by atoms with van der Waals surface area (Å²) in [5.74, 6) is 0. The molecule has 0 fully saturated rings. The fourth-order valence-corrected chi connectivity index (χ4v) is 3.91. The molecule has 1 aliphatic rings. The van der Waals surface area contributed by atoms with Crippen LogP contribution in [0.1, 0.15) is 0 Å². The number of rotatable bonds is 0. The van der Waals surface area contributed by atoms with Crippen LogP contribution in [0.25, 0.3) is 44.5 Å². The molecule has 1 aromatic heterocycles.